The van der Waals surface area contributed by atoms with Gasteiger partial charge in [-0.25, -0.2) is 4.98 Å². The summed E-state index contributed by atoms with van der Waals surface area (Å²) in [5.41, 5.74) is 2.26. The third kappa shape index (κ3) is 2.90. The molecule has 0 radical (unpaired) electrons. The minimum Gasteiger partial charge on any atom is -0.311 e. The van der Waals surface area contributed by atoms with Crippen molar-refractivity contribution in [3.05, 3.63) is 47.6 Å². The summed E-state index contributed by atoms with van der Waals surface area (Å²) in [6, 6.07) is 10.4. The van der Waals surface area contributed by atoms with E-state index >= 15 is 0 Å². The fraction of sp³-hybridized carbons (Fsp3) is 0.267. The average molecular weight is 303 g/mol. The fourth-order valence-electron chi connectivity index (χ4n) is 2.07. The van der Waals surface area contributed by atoms with Gasteiger partial charge in [0.15, 0.2) is 0 Å². The summed E-state index contributed by atoms with van der Waals surface area (Å²) in [6.45, 7) is 4.07. The first-order valence-corrected chi connectivity index (χ1v) is 8.46. The normalized spacial score (nSPS) is 11.2. The summed E-state index contributed by atoms with van der Waals surface area (Å²) in [5.74, 6) is 0. The van der Waals surface area contributed by atoms with Crippen LogP contribution in [0.3, 0.4) is 0 Å². The van der Waals surface area contributed by atoms with Crippen LogP contribution in [-0.2, 0) is 6.54 Å². The highest BCUT2D eigenvalue weighted by Crippen LogP contribution is 2.33. The minimum atomic E-state index is 0.854. The summed E-state index contributed by atoms with van der Waals surface area (Å²) in [7, 11) is 0. The van der Waals surface area contributed by atoms with Crippen LogP contribution in [-0.4, -0.2) is 15.9 Å². The van der Waals surface area contributed by atoms with Crippen LogP contribution < -0.4 is 5.32 Å². The number of fused-ring (bicyclic) bond motifs is 1. The second kappa shape index (κ2) is 6.43. The highest BCUT2D eigenvalue weighted by Gasteiger charge is 2.13. The number of hydrogen-bond acceptors (Lipinski definition) is 4. The molecular formula is C15H17N3S2. The van der Waals surface area contributed by atoms with E-state index in [2.05, 4.69) is 52.5 Å². The maximum absolute atomic E-state index is 4.76. The van der Waals surface area contributed by atoms with Gasteiger partial charge < -0.3 is 9.72 Å². The van der Waals surface area contributed by atoms with Crippen LogP contribution in [0.2, 0.25) is 0 Å². The van der Waals surface area contributed by atoms with Gasteiger partial charge in [0.1, 0.15) is 10.7 Å². The zero-order valence-electron chi connectivity index (χ0n) is 11.4. The molecule has 0 bridgehead atoms. The second-order valence-corrected chi connectivity index (χ2v) is 6.74. The molecule has 3 aromatic rings. The van der Waals surface area contributed by atoms with Crippen molar-refractivity contribution in [1.29, 1.82) is 0 Å². The molecule has 3 heterocycles. The lowest BCUT2D eigenvalue weighted by Gasteiger charge is -2.05. The van der Waals surface area contributed by atoms with Crippen molar-refractivity contribution in [3.63, 3.8) is 0 Å². The van der Waals surface area contributed by atoms with Crippen LogP contribution in [0.5, 0.6) is 0 Å². The van der Waals surface area contributed by atoms with Crippen molar-refractivity contribution in [2.45, 2.75) is 29.1 Å². The van der Waals surface area contributed by atoms with Gasteiger partial charge in [0, 0.05) is 12.7 Å². The molecule has 0 aliphatic rings. The Bertz CT molecular complexity index is 674. The lowest BCUT2D eigenvalue weighted by Crippen LogP contribution is -2.15. The zero-order chi connectivity index (χ0) is 13.8. The van der Waals surface area contributed by atoms with E-state index in [1.165, 1.54) is 9.90 Å². The molecule has 0 atom stereocenters. The molecule has 0 spiro atoms. The largest absolute Gasteiger partial charge is 0.311 e. The van der Waals surface area contributed by atoms with Crippen LogP contribution in [0.1, 0.15) is 19.0 Å². The third-order valence-electron chi connectivity index (χ3n) is 3.00. The number of pyridine rings is 1. The molecule has 0 fully saturated rings. The summed E-state index contributed by atoms with van der Waals surface area (Å²) < 4.78 is 3.46. The molecule has 0 saturated heterocycles. The molecule has 3 rings (SSSR count). The highest BCUT2D eigenvalue weighted by molar-refractivity contribution is 8.01. The Balaban J connectivity index is 1.94. The van der Waals surface area contributed by atoms with Crippen LogP contribution in [0.15, 0.2) is 51.1 Å². The Hall–Kier alpha value is -1.30. The number of hydrogen-bond donors (Lipinski definition) is 1. The van der Waals surface area contributed by atoms with Gasteiger partial charge in [-0.05, 0) is 36.5 Å². The lowest BCUT2D eigenvalue weighted by atomic mass is 10.4. The van der Waals surface area contributed by atoms with Gasteiger partial charge in [0.25, 0.3) is 0 Å². The molecule has 0 unspecified atom stereocenters. The maximum atomic E-state index is 4.76. The molecule has 3 nitrogen and oxygen atoms in total. The highest BCUT2D eigenvalue weighted by atomic mass is 32.2. The molecule has 20 heavy (non-hydrogen) atoms. The predicted octanol–water partition coefficient (Wildman–Crippen LogP) is 4.05. The Kier molecular flexibility index (Phi) is 4.40. The number of thiophene rings is 1. The van der Waals surface area contributed by atoms with Crippen molar-refractivity contribution < 1.29 is 0 Å². The van der Waals surface area contributed by atoms with Gasteiger partial charge in [-0.3, -0.25) is 0 Å². The molecule has 0 aliphatic heterocycles. The molecule has 0 aliphatic carbocycles. The Morgan fingerprint density at radius 3 is 3.05 bits per heavy atom. The SMILES string of the molecule is CCCNCc1c(Sc2cccs2)nc2ccccn12. The first kappa shape index (κ1) is 13.7. The average Bonchev–Trinajstić information content (AvgIpc) is 3.08. The topological polar surface area (TPSA) is 29.3 Å². The van der Waals surface area contributed by atoms with Gasteiger partial charge in [-0.15, -0.1) is 11.3 Å². The van der Waals surface area contributed by atoms with E-state index < -0.39 is 0 Å². The molecule has 0 saturated carbocycles. The standard InChI is InChI=1S/C15H17N3S2/c1-2-8-16-11-12-15(20-14-7-5-10-19-14)17-13-6-3-4-9-18(12)13/h3-7,9-10,16H,2,8,11H2,1H3. The van der Waals surface area contributed by atoms with Gasteiger partial charge >= 0.3 is 0 Å². The van der Waals surface area contributed by atoms with Gasteiger partial charge in [0.2, 0.25) is 0 Å². The van der Waals surface area contributed by atoms with Gasteiger partial charge in [-0.1, -0.05) is 30.8 Å². The number of nitrogens with zero attached hydrogens (tertiary/aromatic N) is 2. The minimum absolute atomic E-state index is 0.854. The Morgan fingerprint density at radius 1 is 1.30 bits per heavy atom. The van der Waals surface area contributed by atoms with Gasteiger partial charge in [-0.2, -0.15) is 0 Å². The Morgan fingerprint density at radius 2 is 2.25 bits per heavy atom. The smallest absolute Gasteiger partial charge is 0.138 e. The first-order chi connectivity index (χ1) is 9.88. The number of aromatic nitrogens is 2. The number of imidazole rings is 1. The van der Waals surface area contributed by atoms with Crippen molar-refractivity contribution in [1.82, 2.24) is 14.7 Å². The monoisotopic (exact) mass is 303 g/mol. The molecule has 1 N–H and O–H groups in total. The van der Waals surface area contributed by atoms with E-state index in [0.717, 1.165) is 30.2 Å². The number of nitrogens with one attached hydrogen (secondary N) is 1. The zero-order valence-corrected chi connectivity index (χ0v) is 13.0. The predicted molar refractivity (Wildman–Crippen MR) is 85.6 cm³/mol. The van der Waals surface area contributed by atoms with Crippen LogP contribution in [0.4, 0.5) is 0 Å². The van der Waals surface area contributed by atoms with Crippen LogP contribution >= 0.6 is 23.1 Å². The van der Waals surface area contributed by atoms with Crippen molar-refractivity contribution in [2.75, 3.05) is 6.54 Å². The number of rotatable bonds is 6. The van der Waals surface area contributed by atoms with E-state index in [1.54, 1.807) is 23.1 Å². The molecule has 104 valence electrons. The summed E-state index contributed by atoms with van der Waals surface area (Å²) in [5, 5.41) is 6.68. The molecular weight excluding hydrogens is 286 g/mol. The van der Waals surface area contributed by atoms with Crippen molar-refractivity contribution in [3.8, 4) is 0 Å². The fourth-order valence-corrected chi connectivity index (χ4v) is 3.88. The molecule has 5 heteroatoms. The summed E-state index contributed by atoms with van der Waals surface area (Å²) >= 11 is 3.51. The first-order valence-electron chi connectivity index (χ1n) is 6.76. The van der Waals surface area contributed by atoms with E-state index in [0.29, 0.717) is 0 Å². The van der Waals surface area contributed by atoms with Crippen LogP contribution in [0, 0.1) is 0 Å². The third-order valence-corrected chi connectivity index (χ3v) is 5.06. The lowest BCUT2D eigenvalue weighted by molar-refractivity contribution is 0.653. The molecule has 0 amide bonds. The molecule has 0 aromatic carbocycles. The van der Waals surface area contributed by atoms with E-state index in [4.69, 9.17) is 4.98 Å². The van der Waals surface area contributed by atoms with Crippen molar-refractivity contribution >= 4 is 28.7 Å². The quantitative estimate of drug-likeness (QED) is 0.697. The Labute approximate surface area is 127 Å². The van der Waals surface area contributed by atoms with Crippen LogP contribution in [0.25, 0.3) is 5.65 Å². The van der Waals surface area contributed by atoms with E-state index in [1.807, 2.05) is 6.07 Å². The summed E-state index contributed by atoms with van der Waals surface area (Å²) in [4.78, 5) is 4.76. The van der Waals surface area contributed by atoms with Crippen molar-refractivity contribution in [2.24, 2.45) is 0 Å². The molecule has 3 aromatic heterocycles. The maximum Gasteiger partial charge on any atom is 0.138 e. The second-order valence-electron chi connectivity index (χ2n) is 4.50. The summed E-state index contributed by atoms with van der Waals surface area (Å²) in [6.07, 6.45) is 3.23. The van der Waals surface area contributed by atoms with E-state index in [9.17, 15) is 0 Å². The van der Waals surface area contributed by atoms with Gasteiger partial charge in [0.05, 0.1) is 9.90 Å². The van der Waals surface area contributed by atoms with E-state index in [-0.39, 0.29) is 0 Å².